The number of methoxy groups -OCH3 is 1. The van der Waals surface area contributed by atoms with Crippen molar-refractivity contribution in [3.8, 4) is 5.75 Å². The van der Waals surface area contributed by atoms with E-state index in [-0.39, 0.29) is 11.9 Å². The summed E-state index contributed by atoms with van der Waals surface area (Å²) in [5.41, 5.74) is 1.04. The number of carbonyl (C=O) groups excluding carboxylic acids is 1. The van der Waals surface area contributed by atoms with Gasteiger partial charge in [-0.2, -0.15) is 5.10 Å². The molecule has 0 unspecified atom stereocenters. The summed E-state index contributed by atoms with van der Waals surface area (Å²) in [5.74, 6) is 0.701. The molecule has 2 atom stereocenters. The number of carbonyl (C=O) groups is 1. The molecule has 0 radical (unpaired) electrons. The minimum Gasteiger partial charge on any atom is -0.497 e. The molecule has 118 valence electrons. The third-order valence-electron chi connectivity index (χ3n) is 3.59. The van der Waals surface area contributed by atoms with Gasteiger partial charge in [-0.3, -0.25) is 9.48 Å². The fourth-order valence-corrected chi connectivity index (χ4v) is 2.34. The fourth-order valence-electron chi connectivity index (χ4n) is 2.20. The molecule has 5 nitrogen and oxygen atoms in total. The van der Waals surface area contributed by atoms with E-state index in [9.17, 15) is 4.79 Å². The summed E-state index contributed by atoms with van der Waals surface area (Å²) in [6.45, 7) is 3.82. The van der Waals surface area contributed by atoms with Crippen molar-refractivity contribution in [3.05, 3.63) is 47.2 Å². The summed E-state index contributed by atoms with van der Waals surface area (Å²) in [6, 6.07) is 7.24. The van der Waals surface area contributed by atoms with Gasteiger partial charge in [0.2, 0.25) is 5.91 Å². The molecule has 0 fully saturated rings. The number of aromatic nitrogens is 2. The van der Waals surface area contributed by atoms with Crippen LogP contribution in [0.3, 0.4) is 0 Å². The number of benzene rings is 1. The second-order valence-corrected chi connectivity index (χ2v) is 5.49. The molecule has 0 aliphatic heterocycles. The van der Waals surface area contributed by atoms with Gasteiger partial charge in [0.1, 0.15) is 11.8 Å². The number of hydrogen-bond acceptors (Lipinski definition) is 3. The smallest absolute Gasteiger partial charge is 0.245 e. The molecule has 1 aromatic carbocycles. The quantitative estimate of drug-likeness (QED) is 0.887. The molecule has 2 aromatic rings. The van der Waals surface area contributed by atoms with Crippen molar-refractivity contribution in [1.82, 2.24) is 15.1 Å². The molecule has 1 aromatic heterocycles. The normalized spacial score (nSPS) is 13.5. The molecular formula is C16H20ClN3O2. The largest absolute Gasteiger partial charge is 0.497 e. The first-order chi connectivity index (χ1) is 10.5. The van der Waals surface area contributed by atoms with Gasteiger partial charge >= 0.3 is 0 Å². The zero-order valence-electron chi connectivity index (χ0n) is 12.9. The SMILES string of the molecule is CC[C@@H](NC(=O)[C@H](C)n1cc(Cl)cn1)c1ccc(OC)cc1. The lowest BCUT2D eigenvalue weighted by molar-refractivity contribution is -0.124. The van der Waals surface area contributed by atoms with Crippen LogP contribution in [-0.4, -0.2) is 22.8 Å². The average Bonchev–Trinajstić information content (AvgIpc) is 2.98. The summed E-state index contributed by atoms with van der Waals surface area (Å²) in [5, 5.41) is 7.63. The molecule has 0 spiro atoms. The van der Waals surface area contributed by atoms with Gasteiger partial charge in [0.05, 0.1) is 24.4 Å². The maximum Gasteiger partial charge on any atom is 0.245 e. The van der Waals surface area contributed by atoms with Gasteiger partial charge in [0.25, 0.3) is 0 Å². The van der Waals surface area contributed by atoms with Crippen molar-refractivity contribution in [2.75, 3.05) is 7.11 Å². The first-order valence-corrected chi connectivity index (χ1v) is 7.57. The van der Waals surface area contributed by atoms with Gasteiger partial charge in [-0.25, -0.2) is 0 Å². The number of hydrogen-bond donors (Lipinski definition) is 1. The van der Waals surface area contributed by atoms with Crippen molar-refractivity contribution >= 4 is 17.5 Å². The Labute approximate surface area is 135 Å². The highest BCUT2D eigenvalue weighted by Crippen LogP contribution is 2.21. The molecule has 0 bridgehead atoms. The Bertz CT molecular complexity index is 625. The van der Waals surface area contributed by atoms with Crippen molar-refractivity contribution in [2.45, 2.75) is 32.4 Å². The van der Waals surface area contributed by atoms with Crippen LogP contribution in [0.25, 0.3) is 0 Å². The van der Waals surface area contributed by atoms with E-state index in [0.29, 0.717) is 5.02 Å². The van der Waals surface area contributed by atoms with Crippen molar-refractivity contribution in [2.24, 2.45) is 0 Å². The Kier molecular flexibility index (Phi) is 5.44. The minimum atomic E-state index is -0.417. The molecule has 1 heterocycles. The van der Waals surface area contributed by atoms with Gasteiger partial charge < -0.3 is 10.1 Å². The van der Waals surface area contributed by atoms with Crippen LogP contribution < -0.4 is 10.1 Å². The third-order valence-corrected chi connectivity index (χ3v) is 3.78. The molecule has 0 aliphatic carbocycles. The van der Waals surface area contributed by atoms with E-state index in [1.165, 1.54) is 6.20 Å². The lowest BCUT2D eigenvalue weighted by Crippen LogP contribution is -2.34. The third kappa shape index (κ3) is 3.80. The zero-order chi connectivity index (χ0) is 16.1. The van der Waals surface area contributed by atoms with E-state index in [1.807, 2.05) is 31.2 Å². The van der Waals surface area contributed by atoms with Gasteiger partial charge in [-0.1, -0.05) is 30.7 Å². The Morgan fingerprint density at radius 3 is 2.59 bits per heavy atom. The fraction of sp³-hybridized carbons (Fsp3) is 0.375. The monoisotopic (exact) mass is 321 g/mol. The molecule has 0 aliphatic rings. The summed E-state index contributed by atoms with van der Waals surface area (Å²) in [7, 11) is 1.63. The number of halogens is 1. The first kappa shape index (κ1) is 16.4. The van der Waals surface area contributed by atoms with Gasteiger partial charge in [0.15, 0.2) is 0 Å². The Hall–Kier alpha value is -2.01. The van der Waals surface area contributed by atoms with E-state index in [2.05, 4.69) is 10.4 Å². The average molecular weight is 322 g/mol. The van der Waals surface area contributed by atoms with Crippen LogP contribution in [-0.2, 0) is 4.79 Å². The predicted octanol–water partition coefficient (Wildman–Crippen LogP) is 3.37. The first-order valence-electron chi connectivity index (χ1n) is 7.19. The molecule has 1 amide bonds. The van der Waals surface area contributed by atoms with E-state index in [0.717, 1.165) is 17.7 Å². The van der Waals surface area contributed by atoms with Crippen LogP contribution in [0.2, 0.25) is 5.02 Å². The van der Waals surface area contributed by atoms with E-state index >= 15 is 0 Å². The maximum absolute atomic E-state index is 12.4. The van der Waals surface area contributed by atoms with Crippen LogP contribution in [0.5, 0.6) is 5.75 Å². The predicted molar refractivity (Wildman–Crippen MR) is 86.1 cm³/mol. The lowest BCUT2D eigenvalue weighted by atomic mass is 10.0. The number of nitrogens with one attached hydrogen (secondary N) is 1. The number of ether oxygens (including phenoxy) is 1. The van der Waals surface area contributed by atoms with E-state index < -0.39 is 6.04 Å². The summed E-state index contributed by atoms with van der Waals surface area (Å²) in [6.07, 6.45) is 3.96. The number of amides is 1. The van der Waals surface area contributed by atoms with Crippen LogP contribution >= 0.6 is 11.6 Å². The van der Waals surface area contributed by atoms with Crippen LogP contribution in [0.1, 0.15) is 37.9 Å². The second kappa shape index (κ2) is 7.31. The lowest BCUT2D eigenvalue weighted by Gasteiger charge is -2.20. The highest BCUT2D eigenvalue weighted by atomic mass is 35.5. The van der Waals surface area contributed by atoms with Crippen molar-refractivity contribution in [3.63, 3.8) is 0 Å². The molecular weight excluding hydrogens is 302 g/mol. The standard InChI is InChI=1S/C16H20ClN3O2/c1-4-15(12-5-7-14(22-3)8-6-12)19-16(21)11(2)20-10-13(17)9-18-20/h5-11,15H,4H2,1-3H3,(H,19,21)/t11-,15+/m0/s1. The van der Waals surface area contributed by atoms with Crippen LogP contribution in [0.4, 0.5) is 0 Å². The van der Waals surface area contributed by atoms with Crippen LogP contribution in [0, 0.1) is 0 Å². The van der Waals surface area contributed by atoms with E-state index in [1.54, 1.807) is 24.9 Å². The molecule has 0 saturated carbocycles. The van der Waals surface area contributed by atoms with Gasteiger partial charge in [-0.05, 0) is 31.0 Å². The van der Waals surface area contributed by atoms with Gasteiger partial charge in [0, 0.05) is 6.20 Å². The molecule has 6 heteroatoms. The topological polar surface area (TPSA) is 56.2 Å². The zero-order valence-corrected chi connectivity index (χ0v) is 13.7. The highest BCUT2D eigenvalue weighted by molar-refractivity contribution is 6.30. The molecule has 22 heavy (non-hydrogen) atoms. The minimum absolute atomic E-state index is 0.0492. The van der Waals surface area contributed by atoms with E-state index in [4.69, 9.17) is 16.3 Å². The number of rotatable bonds is 6. The van der Waals surface area contributed by atoms with Gasteiger partial charge in [-0.15, -0.1) is 0 Å². The van der Waals surface area contributed by atoms with Crippen molar-refractivity contribution in [1.29, 1.82) is 0 Å². The second-order valence-electron chi connectivity index (χ2n) is 5.06. The Morgan fingerprint density at radius 2 is 2.09 bits per heavy atom. The molecule has 1 N–H and O–H groups in total. The Morgan fingerprint density at radius 1 is 1.41 bits per heavy atom. The maximum atomic E-state index is 12.4. The summed E-state index contributed by atoms with van der Waals surface area (Å²) < 4.78 is 6.70. The summed E-state index contributed by atoms with van der Waals surface area (Å²) in [4.78, 5) is 12.4. The highest BCUT2D eigenvalue weighted by Gasteiger charge is 2.20. The molecule has 2 rings (SSSR count). The Balaban J connectivity index is 2.06. The number of nitrogens with zero attached hydrogens (tertiary/aromatic N) is 2. The molecule has 0 saturated heterocycles. The van der Waals surface area contributed by atoms with Crippen LogP contribution in [0.15, 0.2) is 36.7 Å². The van der Waals surface area contributed by atoms with Crippen molar-refractivity contribution < 1.29 is 9.53 Å². The summed E-state index contributed by atoms with van der Waals surface area (Å²) >= 11 is 5.84.